The van der Waals surface area contributed by atoms with Crippen molar-refractivity contribution in [1.29, 1.82) is 0 Å². The van der Waals surface area contributed by atoms with E-state index >= 15 is 0 Å². The van der Waals surface area contributed by atoms with E-state index in [0.29, 0.717) is 46.4 Å². The van der Waals surface area contributed by atoms with Gasteiger partial charge in [-0.05, 0) is 49.1 Å². The van der Waals surface area contributed by atoms with E-state index in [9.17, 15) is 9.59 Å². The van der Waals surface area contributed by atoms with Crippen molar-refractivity contribution >= 4 is 28.8 Å². The van der Waals surface area contributed by atoms with Crippen molar-refractivity contribution in [3.63, 3.8) is 0 Å². The number of halogens is 1. The molecule has 0 saturated carbocycles. The fourth-order valence-corrected chi connectivity index (χ4v) is 6.44. The van der Waals surface area contributed by atoms with Crippen molar-refractivity contribution in [1.82, 2.24) is 19.8 Å². The summed E-state index contributed by atoms with van der Waals surface area (Å²) in [6.07, 6.45) is 1.70. The Morgan fingerprint density at radius 1 is 1.10 bits per heavy atom. The minimum Gasteiger partial charge on any atom is -0.381 e. The minimum absolute atomic E-state index is 0.0775. The number of amides is 1. The molecule has 1 aliphatic rings. The highest BCUT2D eigenvalue weighted by molar-refractivity contribution is 7.13. The van der Waals surface area contributed by atoms with Gasteiger partial charge in [-0.25, -0.2) is 4.98 Å². The molecule has 2 aromatic carbocycles. The molecule has 0 bridgehead atoms. The predicted octanol–water partition coefficient (Wildman–Crippen LogP) is 6.03. The van der Waals surface area contributed by atoms with Crippen LogP contribution in [-0.4, -0.2) is 59.8 Å². The van der Waals surface area contributed by atoms with Crippen molar-refractivity contribution in [3.8, 4) is 27.5 Å². The van der Waals surface area contributed by atoms with Crippen LogP contribution in [0.2, 0.25) is 5.02 Å². The van der Waals surface area contributed by atoms with E-state index in [4.69, 9.17) is 21.3 Å². The lowest BCUT2D eigenvalue weighted by Crippen LogP contribution is -2.47. The number of nitrogens with one attached hydrogen (secondary N) is 1. The summed E-state index contributed by atoms with van der Waals surface area (Å²) < 4.78 is 7.48. The van der Waals surface area contributed by atoms with E-state index in [1.807, 2.05) is 47.5 Å². The molecule has 1 saturated heterocycles. The maximum Gasteiger partial charge on any atom is 0.265 e. The first-order valence-corrected chi connectivity index (χ1v) is 15.8. The number of aromatic nitrogens is 2. The molecule has 220 valence electrons. The smallest absolute Gasteiger partial charge is 0.265 e. The topological polar surface area (TPSA) is 76.5 Å². The molecule has 3 heterocycles. The van der Waals surface area contributed by atoms with Gasteiger partial charge in [-0.1, -0.05) is 55.8 Å². The van der Waals surface area contributed by atoms with Gasteiger partial charge in [0, 0.05) is 61.4 Å². The summed E-state index contributed by atoms with van der Waals surface area (Å²) in [5.74, 6) is -0.0775. The maximum absolute atomic E-state index is 14.7. The van der Waals surface area contributed by atoms with Gasteiger partial charge < -0.3 is 15.0 Å². The maximum atomic E-state index is 14.7. The summed E-state index contributed by atoms with van der Waals surface area (Å²) in [6, 6.07) is 15.4. The number of thiazole rings is 1. The third-order valence-electron chi connectivity index (χ3n) is 7.88. The average molecular weight is 605 g/mol. The molecule has 1 atom stereocenters. The number of carbonyl (C=O) groups excluding carboxylic acids is 1. The number of aryl methyl sites for hydroxylation is 2. The molecule has 0 radical (unpaired) electrons. The number of para-hydroxylation sites is 1. The molecule has 1 amide bonds. The number of methoxy groups -OCH3 is 1. The summed E-state index contributed by atoms with van der Waals surface area (Å²) in [7, 11) is 1.66. The molecule has 1 N–H and O–H groups in total. The normalized spacial score (nSPS) is 14.3. The standard InChI is InChI=1S/C33H37ClN4O3S/c1-5-22-8-7-9-23(6-2)30(22)38-29(18-21(3)41-4)26(32(39)37-16-14-35-15-17-37)19-27(33(38)40)31-36-28(20-42-31)24-10-12-25(34)13-11-24/h7-13,19-21,35H,5-6,14-18H2,1-4H3. The Kier molecular flexibility index (Phi) is 9.58. The second-order valence-electron chi connectivity index (χ2n) is 10.5. The molecule has 7 nitrogen and oxygen atoms in total. The zero-order valence-corrected chi connectivity index (χ0v) is 26.1. The van der Waals surface area contributed by atoms with Crippen LogP contribution in [0.4, 0.5) is 0 Å². The second kappa shape index (κ2) is 13.3. The minimum atomic E-state index is -0.202. The first-order valence-electron chi connectivity index (χ1n) is 14.5. The van der Waals surface area contributed by atoms with Gasteiger partial charge in [0.25, 0.3) is 11.5 Å². The Morgan fingerprint density at radius 3 is 2.38 bits per heavy atom. The van der Waals surface area contributed by atoms with Gasteiger partial charge in [-0.3, -0.25) is 14.2 Å². The molecular weight excluding hydrogens is 568 g/mol. The molecule has 0 aliphatic carbocycles. The summed E-state index contributed by atoms with van der Waals surface area (Å²) in [5.41, 5.74) is 6.07. The van der Waals surface area contributed by atoms with E-state index < -0.39 is 0 Å². The molecule has 2 aromatic heterocycles. The molecule has 9 heteroatoms. The lowest BCUT2D eigenvalue weighted by Gasteiger charge is -2.30. The zero-order chi connectivity index (χ0) is 29.8. The number of pyridine rings is 1. The largest absolute Gasteiger partial charge is 0.381 e. The van der Waals surface area contributed by atoms with E-state index in [-0.39, 0.29) is 17.6 Å². The third-order valence-corrected chi connectivity index (χ3v) is 9.01. The van der Waals surface area contributed by atoms with Crippen LogP contribution in [0.1, 0.15) is 48.0 Å². The Bertz CT molecular complexity index is 1600. The Morgan fingerprint density at radius 2 is 1.76 bits per heavy atom. The van der Waals surface area contributed by atoms with Crippen molar-refractivity contribution in [2.24, 2.45) is 0 Å². The number of carbonyl (C=O) groups is 1. The predicted molar refractivity (Wildman–Crippen MR) is 171 cm³/mol. The fourth-order valence-electron chi connectivity index (χ4n) is 5.48. The van der Waals surface area contributed by atoms with Crippen LogP contribution in [0, 0.1) is 0 Å². The molecular formula is C33H37ClN4O3S. The van der Waals surface area contributed by atoms with Gasteiger partial charge in [-0.15, -0.1) is 11.3 Å². The highest BCUT2D eigenvalue weighted by atomic mass is 35.5. The lowest BCUT2D eigenvalue weighted by molar-refractivity contribution is 0.0731. The molecule has 42 heavy (non-hydrogen) atoms. The number of nitrogens with zero attached hydrogens (tertiary/aromatic N) is 3. The van der Waals surface area contributed by atoms with Gasteiger partial charge in [-0.2, -0.15) is 0 Å². The van der Waals surface area contributed by atoms with Crippen molar-refractivity contribution < 1.29 is 9.53 Å². The van der Waals surface area contributed by atoms with Gasteiger partial charge in [0.15, 0.2) is 0 Å². The van der Waals surface area contributed by atoms with Crippen LogP contribution in [0.3, 0.4) is 0 Å². The summed E-state index contributed by atoms with van der Waals surface area (Å²) in [6.45, 7) is 8.84. The van der Waals surface area contributed by atoms with Crippen LogP contribution >= 0.6 is 22.9 Å². The number of ether oxygens (including phenoxy) is 1. The van der Waals surface area contributed by atoms with E-state index in [1.165, 1.54) is 11.3 Å². The molecule has 1 unspecified atom stereocenters. The van der Waals surface area contributed by atoms with Gasteiger partial charge >= 0.3 is 0 Å². The van der Waals surface area contributed by atoms with Crippen LogP contribution in [0.15, 0.2) is 58.7 Å². The van der Waals surface area contributed by atoms with E-state index in [1.54, 1.807) is 17.7 Å². The number of hydrogen-bond acceptors (Lipinski definition) is 6. The van der Waals surface area contributed by atoms with Gasteiger partial charge in [0.1, 0.15) is 5.01 Å². The quantitative estimate of drug-likeness (QED) is 0.252. The van der Waals surface area contributed by atoms with Gasteiger partial charge in [0.2, 0.25) is 0 Å². The number of rotatable bonds is 9. The average Bonchev–Trinajstić information content (AvgIpc) is 3.51. The lowest BCUT2D eigenvalue weighted by atomic mass is 9.98. The van der Waals surface area contributed by atoms with Crippen molar-refractivity contribution in [3.05, 3.63) is 91.7 Å². The highest BCUT2D eigenvalue weighted by Crippen LogP contribution is 2.32. The fraction of sp³-hybridized carbons (Fsp3) is 0.364. The van der Waals surface area contributed by atoms with Crippen LogP contribution in [0.25, 0.3) is 27.5 Å². The third kappa shape index (κ3) is 6.08. The van der Waals surface area contributed by atoms with Crippen molar-refractivity contribution in [2.75, 3.05) is 33.3 Å². The van der Waals surface area contributed by atoms with Crippen molar-refractivity contribution in [2.45, 2.75) is 46.1 Å². The molecule has 5 rings (SSSR count). The Labute approximate surface area is 256 Å². The first kappa shape index (κ1) is 30.2. The van der Waals surface area contributed by atoms with Crippen LogP contribution in [0.5, 0.6) is 0 Å². The molecule has 1 aliphatic heterocycles. The Hall–Kier alpha value is -3.30. The number of hydrogen-bond donors (Lipinski definition) is 1. The van der Waals surface area contributed by atoms with Crippen LogP contribution in [-0.2, 0) is 24.0 Å². The Balaban J connectivity index is 1.80. The van der Waals surface area contributed by atoms with Crippen LogP contribution < -0.4 is 10.9 Å². The summed E-state index contributed by atoms with van der Waals surface area (Å²) in [5, 5.41) is 6.49. The molecule has 1 fully saturated rings. The highest BCUT2D eigenvalue weighted by Gasteiger charge is 2.29. The summed E-state index contributed by atoms with van der Waals surface area (Å²) >= 11 is 7.51. The second-order valence-corrected chi connectivity index (χ2v) is 11.8. The SMILES string of the molecule is CCc1cccc(CC)c1-n1c(CC(C)OC)c(C(=O)N2CCNCC2)cc(-c2nc(-c3ccc(Cl)cc3)cs2)c1=O. The monoisotopic (exact) mass is 604 g/mol. The van der Waals surface area contributed by atoms with E-state index in [2.05, 4.69) is 31.3 Å². The number of piperazine rings is 1. The van der Waals surface area contributed by atoms with E-state index in [0.717, 1.165) is 54.0 Å². The molecule has 0 spiro atoms. The zero-order valence-electron chi connectivity index (χ0n) is 24.6. The first-order chi connectivity index (χ1) is 20.4. The molecule has 4 aromatic rings. The number of benzene rings is 2. The summed E-state index contributed by atoms with van der Waals surface area (Å²) in [4.78, 5) is 35.7. The van der Waals surface area contributed by atoms with Gasteiger partial charge in [0.05, 0.1) is 28.6 Å².